The lowest BCUT2D eigenvalue weighted by atomic mass is 10.0. The van der Waals surface area contributed by atoms with Gasteiger partial charge in [-0.15, -0.1) is 0 Å². The summed E-state index contributed by atoms with van der Waals surface area (Å²) in [6.07, 6.45) is 3.04. The Morgan fingerprint density at radius 3 is 1.57 bits per heavy atom. The first-order valence-electron chi connectivity index (χ1n) is 11.5. The van der Waals surface area contributed by atoms with Gasteiger partial charge in [0, 0.05) is 17.2 Å². The van der Waals surface area contributed by atoms with Gasteiger partial charge < -0.3 is 14.2 Å². The van der Waals surface area contributed by atoms with Crippen molar-refractivity contribution in [2.24, 2.45) is 0 Å². The topological polar surface area (TPSA) is 78.9 Å². The molecule has 0 fully saturated rings. The Bertz CT molecular complexity index is 1310. The fourth-order valence-corrected chi connectivity index (χ4v) is 3.09. The summed E-state index contributed by atoms with van der Waals surface area (Å²) in [5, 5.41) is 0. The number of rotatable bonds is 10. The number of ether oxygens (including phenoxy) is 3. The summed E-state index contributed by atoms with van der Waals surface area (Å²) < 4.78 is 15.6. The molecule has 0 saturated carbocycles. The van der Waals surface area contributed by atoms with Gasteiger partial charge in [-0.05, 0) is 59.9 Å². The van der Waals surface area contributed by atoms with Crippen LogP contribution in [-0.4, -0.2) is 17.9 Å². The molecule has 6 heteroatoms. The van der Waals surface area contributed by atoms with E-state index < -0.39 is 17.9 Å². The second kappa shape index (κ2) is 12.8. The van der Waals surface area contributed by atoms with Gasteiger partial charge in [-0.1, -0.05) is 73.8 Å². The van der Waals surface area contributed by atoms with Gasteiger partial charge in [-0.3, -0.25) is 0 Å². The van der Waals surface area contributed by atoms with Gasteiger partial charge in [0.1, 0.15) is 19.0 Å². The van der Waals surface area contributed by atoms with Crippen LogP contribution in [0, 0.1) is 0 Å². The highest BCUT2D eigenvalue weighted by Gasteiger charge is 2.06. The largest absolute Gasteiger partial charge is 0.457 e. The van der Waals surface area contributed by atoms with Crippen LogP contribution >= 0.6 is 0 Å². The Hall–Kier alpha value is -4.71. The summed E-state index contributed by atoms with van der Waals surface area (Å²) >= 11 is 0. The van der Waals surface area contributed by atoms with E-state index in [0.29, 0.717) is 16.9 Å². The Balaban J connectivity index is 1.51. The third-order valence-corrected chi connectivity index (χ3v) is 5.19. The number of hydrogen-bond acceptors (Lipinski definition) is 6. The van der Waals surface area contributed by atoms with Crippen LogP contribution < -0.4 is 4.74 Å². The lowest BCUT2D eigenvalue weighted by Gasteiger charge is -2.07. The average Bonchev–Trinajstić information content (AvgIpc) is 2.90. The second-order valence-corrected chi connectivity index (χ2v) is 8.43. The zero-order valence-corrected chi connectivity index (χ0v) is 20.9. The van der Waals surface area contributed by atoms with Gasteiger partial charge >= 0.3 is 17.9 Å². The molecule has 0 radical (unpaired) electrons. The molecule has 6 nitrogen and oxygen atoms in total. The Morgan fingerprint density at radius 1 is 0.676 bits per heavy atom. The van der Waals surface area contributed by atoms with Crippen LogP contribution in [0.3, 0.4) is 0 Å². The first kappa shape index (κ1) is 26.9. The summed E-state index contributed by atoms with van der Waals surface area (Å²) in [5.74, 6) is -0.981. The molecular weight excluding hydrogens is 468 g/mol. The van der Waals surface area contributed by atoms with Gasteiger partial charge in [0.25, 0.3) is 0 Å². The molecule has 0 amide bonds. The normalized spacial score (nSPS) is 10.5. The highest BCUT2D eigenvalue weighted by Crippen LogP contribution is 2.21. The molecule has 0 saturated heterocycles. The summed E-state index contributed by atoms with van der Waals surface area (Å²) in [7, 11) is 0. The number of benzene rings is 3. The molecule has 0 aliphatic heterocycles. The standard InChI is InChI=1S/C31H28O6/c1-21(2)30(33)35-19-24-7-14-27(15-8-24)26-12-5-23(6-13-26)11-18-29(32)37-28-16-9-25(10-17-28)20-36-31(34)22(3)4/h5-18H,1,3,19-20H2,2,4H3. The minimum absolute atomic E-state index is 0.116. The van der Waals surface area contributed by atoms with Crippen molar-refractivity contribution in [1.82, 2.24) is 0 Å². The van der Waals surface area contributed by atoms with Crippen LogP contribution in [0.25, 0.3) is 17.2 Å². The van der Waals surface area contributed by atoms with E-state index in [2.05, 4.69) is 13.2 Å². The zero-order valence-electron chi connectivity index (χ0n) is 20.9. The number of esters is 3. The van der Waals surface area contributed by atoms with Crippen LogP contribution in [0.15, 0.2) is 103 Å². The molecule has 0 aromatic heterocycles. The van der Waals surface area contributed by atoms with E-state index in [9.17, 15) is 14.4 Å². The van der Waals surface area contributed by atoms with E-state index in [1.807, 2.05) is 48.5 Å². The van der Waals surface area contributed by atoms with Crippen molar-refractivity contribution >= 4 is 24.0 Å². The van der Waals surface area contributed by atoms with Crippen LogP contribution in [0.2, 0.25) is 0 Å². The average molecular weight is 497 g/mol. The second-order valence-electron chi connectivity index (χ2n) is 8.43. The molecule has 37 heavy (non-hydrogen) atoms. The highest BCUT2D eigenvalue weighted by atomic mass is 16.5. The van der Waals surface area contributed by atoms with Gasteiger partial charge in [0.2, 0.25) is 0 Å². The molecule has 0 spiro atoms. The van der Waals surface area contributed by atoms with Crippen LogP contribution in [0.1, 0.15) is 30.5 Å². The monoisotopic (exact) mass is 496 g/mol. The van der Waals surface area contributed by atoms with Crippen molar-refractivity contribution in [2.75, 3.05) is 0 Å². The first-order valence-corrected chi connectivity index (χ1v) is 11.5. The third kappa shape index (κ3) is 8.47. The summed E-state index contributed by atoms with van der Waals surface area (Å²) in [4.78, 5) is 35.2. The van der Waals surface area contributed by atoms with Crippen molar-refractivity contribution < 1.29 is 28.6 Å². The molecule has 0 heterocycles. The third-order valence-electron chi connectivity index (χ3n) is 5.19. The Kier molecular flexibility index (Phi) is 9.33. The van der Waals surface area contributed by atoms with Gasteiger partial charge in [0.15, 0.2) is 0 Å². The fourth-order valence-electron chi connectivity index (χ4n) is 3.09. The maximum absolute atomic E-state index is 12.2. The molecule has 0 N–H and O–H groups in total. The number of carbonyl (C=O) groups is 3. The molecule has 3 rings (SSSR count). The summed E-state index contributed by atoms with van der Waals surface area (Å²) in [6, 6.07) is 22.2. The number of hydrogen-bond donors (Lipinski definition) is 0. The van der Waals surface area contributed by atoms with Gasteiger partial charge in [-0.2, -0.15) is 0 Å². The predicted octanol–water partition coefficient (Wildman–Crippen LogP) is 6.21. The molecule has 0 atom stereocenters. The quantitative estimate of drug-likeness (QED) is 0.189. The van der Waals surface area contributed by atoms with E-state index in [1.54, 1.807) is 44.2 Å². The first-order chi connectivity index (χ1) is 17.7. The molecule has 0 aliphatic rings. The van der Waals surface area contributed by atoms with Crippen LogP contribution in [-0.2, 0) is 37.1 Å². The minimum Gasteiger partial charge on any atom is -0.457 e. The van der Waals surface area contributed by atoms with E-state index in [0.717, 1.165) is 27.8 Å². The molecule has 0 unspecified atom stereocenters. The lowest BCUT2D eigenvalue weighted by molar-refractivity contribution is -0.141. The van der Waals surface area contributed by atoms with Crippen molar-refractivity contribution in [3.63, 3.8) is 0 Å². The van der Waals surface area contributed by atoms with Crippen molar-refractivity contribution in [1.29, 1.82) is 0 Å². The van der Waals surface area contributed by atoms with E-state index >= 15 is 0 Å². The maximum Gasteiger partial charge on any atom is 0.336 e. The van der Waals surface area contributed by atoms with E-state index in [1.165, 1.54) is 6.08 Å². The Labute approximate surface area is 216 Å². The van der Waals surface area contributed by atoms with Crippen molar-refractivity contribution in [3.8, 4) is 16.9 Å². The molecule has 3 aromatic rings. The van der Waals surface area contributed by atoms with Crippen molar-refractivity contribution in [3.05, 3.63) is 120 Å². The SMILES string of the molecule is C=C(C)C(=O)OCc1ccc(OC(=O)C=Cc2ccc(-c3ccc(COC(=O)C(=C)C)cc3)cc2)cc1. The van der Waals surface area contributed by atoms with E-state index in [-0.39, 0.29) is 13.2 Å². The van der Waals surface area contributed by atoms with Crippen LogP contribution in [0.5, 0.6) is 5.75 Å². The molecule has 0 bridgehead atoms. The van der Waals surface area contributed by atoms with Crippen LogP contribution in [0.4, 0.5) is 0 Å². The molecule has 3 aromatic carbocycles. The van der Waals surface area contributed by atoms with Gasteiger partial charge in [-0.25, -0.2) is 14.4 Å². The highest BCUT2D eigenvalue weighted by molar-refractivity contribution is 5.89. The zero-order chi connectivity index (χ0) is 26.8. The fraction of sp³-hybridized carbons (Fsp3) is 0.129. The summed E-state index contributed by atoms with van der Waals surface area (Å²) in [5.41, 5.74) is 5.23. The lowest BCUT2D eigenvalue weighted by Crippen LogP contribution is -2.05. The minimum atomic E-state index is -0.506. The van der Waals surface area contributed by atoms with Crippen molar-refractivity contribution in [2.45, 2.75) is 27.1 Å². The molecule has 0 aliphatic carbocycles. The predicted molar refractivity (Wildman–Crippen MR) is 142 cm³/mol. The smallest absolute Gasteiger partial charge is 0.336 e. The molecule has 188 valence electrons. The van der Waals surface area contributed by atoms with Gasteiger partial charge in [0.05, 0.1) is 0 Å². The van der Waals surface area contributed by atoms with E-state index in [4.69, 9.17) is 14.2 Å². The maximum atomic E-state index is 12.2. The number of carbonyl (C=O) groups excluding carboxylic acids is 3. The Morgan fingerprint density at radius 2 is 1.11 bits per heavy atom. The molecular formula is C31H28O6. The summed E-state index contributed by atoms with van der Waals surface area (Å²) in [6.45, 7) is 10.6.